The second-order valence-electron chi connectivity index (χ2n) is 7.54. The fraction of sp³-hybridized carbons (Fsp3) is 0.300. The van der Waals surface area contributed by atoms with E-state index in [1.54, 1.807) is 19.1 Å². The molecule has 2 aromatic carbocycles. The van der Waals surface area contributed by atoms with E-state index in [-0.39, 0.29) is 27.8 Å². The van der Waals surface area contributed by atoms with Gasteiger partial charge in [0.25, 0.3) is 21.8 Å². The molecule has 0 aromatic heterocycles. The first-order valence-electron chi connectivity index (χ1n) is 9.69. The van der Waals surface area contributed by atoms with Gasteiger partial charge in [0.1, 0.15) is 4.90 Å². The molecule has 11 heteroatoms. The maximum Gasteiger partial charge on any atom is 0.269 e. The second kappa shape index (κ2) is 7.34. The molecule has 1 fully saturated rings. The minimum Gasteiger partial charge on any atom is -0.322 e. The van der Waals surface area contributed by atoms with Gasteiger partial charge in [0.15, 0.2) is 0 Å². The van der Waals surface area contributed by atoms with Crippen molar-refractivity contribution in [2.75, 3.05) is 15.8 Å². The normalized spacial score (nSPS) is 17.4. The predicted octanol–water partition coefficient (Wildman–Crippen LogP) is 2.32. The molecule has 4 rings (SSSR count). The molecule has 0 spiro atoms. The first-order chi connectivity index (χ1) is 14.5. The largest absolute Gasteiger partial charge is 0.322 e. The van der Waals surface area contributed by atoms with E-state index >= 15 is 0 Å². The molecule has 1 heterocycles. The number of carbonyl (C=O) groups excluding carboxylic acids is 2. The summed E-state index contributed by atoms with van der Waals surface area (Å²) in [6.07, 6.45) is 1.30. The molecule has 0 radical (unpaired) electrons. The van der Waals surface area contributed by atoms with Gasteiger partial charge in [-0.2, -0.15) is 0 Å². The Balaban J connectivity index is 1.56. The number of benzene rings is 2. The highest BCUT2D eigenvalue weighted by atomic mass is 32.2. The summed E-state index contributed by atoms with van der Waals surface area (Å²) in [5.41, 5.74) is 1.60. The third-order valence-corrected chi connectivity index (χ3v) is 8.39. The maximum absolute atomic E-state index is 12.7. The van der Waals surface area contributed by atoms with Gasteiger partial charge in [-0.15, -0.1) is 0 Å². The lowest BCUT2D eigenvalue weighted by Gasteiger charge is -2.13. The summed E-state index contributed by atoms with van der Waals surface area (Å²) >= 11 is 0. The average molecular weight is 464 g/mol. The lowest BCUT2D eigenvalue weighted by molar-refractivity contribution is 0.0864. The van der Waals surface area contributed by atoms with E-state index in [0.717, 1.165) is 4.31 Å². The number of anilines is 2. The Hall–Kier alpha value is -2.92. The Morgan fingerprint density at radius 3 is 2.48 bits per heavy atom. The van der Waals surface area contributed by atoms with Gasteiger partial charge in [0, 0.05) is 17.3 Å². The standard InChI is InChI=1S/C20H21N3O6S2/c1-3-30(26,27)22-17-9-5-14(10-12(17)2)21-19(24)13-4-8-16-18(11-13)31(28,29)23(20(16)25)15-6-7-15/h4-5,8-11,15,22H,3,6-7H2,1-2H3,(H,21,24). The molecule has 0 saturated heterocycles. The lowest BCUT2D eigenvalue weighted by atomic mass is 10.1. The van der Waals surface area contributed by atoms with Crippen LogP contribution >= 0.6 is 0 Å². The highest BCUT2D eigenvalue weighted by Crippen LogP contribution is 2.39. The number of carbonyl (C=O) groups is 2. The van der Waals surface area contributed by atoms with Crippen molar-refractivity contribution in [2.24, 2.45) is 0 Å². The predicted molar refractivity (Wildman–Crippen MR) is 115 cm³/mol. The zero-order valence-corrected chi connectivity index (χ0v) is 18.5. The van der Waals surface area contributed by atoms with Gasteiger partial charge in [0.2, 0.25) is 10.0 Å². The monoisotopic (exact) mass is 463 g/mol. The molecule has 31 heavy (non-hydrogen) atoms. The van der Waals surface area contributed by atoms with E-state index in [4.69, 9.17) is 0 Å². The molecule has 2 aliphatic rings. The van der Waals surface area contributed by atoms with Crippen LogP contribution in [0.2, 0.25) is 0 Å². The van der Waals surface area contributed by atoms with Gasteiger partial charge in [0.05, 0.1) is 17.0 Å². The average Bonchev–Trinajstić information content (AvgIpc) is 3.51. The minimum absolute atomic E-state index is 0.0627. The van der Waals surface area contributed by atoms with E-state index in [1.807, 2.05) is 0 Å². The molecule has 0 atom stereocenters. The molecule has 0 unspecified atom stereocenters. The topological polar surface area (TPSA) is 130 Å². The van der Waals surface area contributed by atoms with Gasteiger partial charge in [-0.05, 0) is 68.7 Å². The van der Waals surface area contributed by atoms with Gasteiger partial charge < -0.3 is 5.32 Å². The molecule has 2 aromatic rings. The molecule has 0 bridgehead atoms. The number of aryl methyl sites for hydroxylation is 1. The van der Waals surface area contributed by atoms with Crippen LogP contribution in [-0.2, 0) is 20.0 Å². The highest BCUT2D eigenvalue weighted by Gasteiger charge is 2.48. The molecular formula is C20H21N3O6S2. The van der Waals surface area contributed by atoms with Crippen molar-refractivity contribution in [1.29, 1.82) is 0 Å². The van der Waals surface area contributed by atoms with E-state index in [2.05, 4.69) is 10.0 Å². The van der Waals surface area contributed by atoms with E-state index in [9.17, 15) is 26.4 Å². The Labute approximate surface area is 180 Å². The summed E-state index contributed by atoms with van der Waals surface area (Å²) < 4.78 is 52.4. The third-order valence-electron chi connectivity index (χ3n) is 5.22. The van der Waals surface area contributed by atoms with Crippen LogP contribution in [0.1, 0.15) is 46.0 Å². The molecule has 1 aliphatic carbocycles. The Kier molecular flexibility index (Phi) is 5.05. The molecule has 164 valence electrons. The fourth-order valence-electron chi connectivity index (χ4n) is 3.36. The van der Waals surface area contributed by atoms with Crippen LogP contribution in [0, 0.1) is 6.92 Å². The second-order valence-corrected chi connectivity index (χ2v) is 11.3. The summed E-state index contributed by atoms with van der Waals surface area (Å²) in [4.78, 5) is 25.0. The van der Waals surface area contributed by atoms with Crippen molar-refractivity contribution >= 4 is 43.2 Å². The molecule has 1 saturated carbocycles. The number of fused-ring (bicyclic) bond motifs is 1. The van der Waals surface area contributed by atoms with Gasteiger partial charge >= 0.3 is 0 Å². The molecule has 2 amide bonds. The Morgan fingerprint density at radius 1 is 1.16 bits per heavy atom. The van der Waals surface area contributed by atoms with Gasteiger partial charge in [-0.3, -0.25) is 14.3 Å². The Bertz CT molecular complexity index is 1310. The van der Waals surface area contributed by atoms with Crippen molar-refractivity contribution in [2.45, 2.75) is 37.6 Å². The Morgan fingerprint density at radius 2 is 1.87 bits per heavy atom. The van der Waals surface area contributed by atoms with Crippen LogP contribution in [0.5, 0.6) is 0 Å². The lowest BCUT2D eigenvalue weighted by Crippen LogP contribution is -2.31. The van der Waals surface area contributed by atoms with Crippen molar-refractivity contribution in [3.05, 3.63) is 53.1 Å². The summed E-state index contributed by atoms with van der Waals surface area (Å²) in [6.45, 7) is 3.23. The summed E-state index contributed by atoms with van der Waals surface area (Å²) in [5, 5.41) is 2.67. The van der Waals surface area contributed by atoms with Crippen LogP contribution < -0.4 is 10.0 Å². The maximum atomic E-state index is 12.7. The van der Waals surface area contributed by atoms with Crippen molar-refractivity contribution < 1.29 is 26.4 Å². The number of nitrogens with zero attached hydrogens (tertiary/aromatic N) is 1. The van der Waals surface area contributed by atoms with Crippen LogP contribution in [0.3, 0.4) is 0 Å². The third kappa shape index (κ3) is 3.90. The zero-order chi connectivity index (χ0) is 22.6. The molecule has 1 aliphatic heterocycles. The molecule has 9 nitrogen and oxygen atoms in total. The van der Waals surface area contributed by atoms with Crippen molar-refractivity contribution in [3.63, 3.8) is 0 Å². The number of rotatable bonds is 6. The number of hydrogen-bond acceptors (Lipinski definition) is 6. The zero-order valence-electron chi connectivity index (χ0n) is 16.9. The number of sulfonamides is 2. The van der Waals surface area contributed by atoms with E-state index in [0.29, 0.717) is 29.8 Å². The number of hydrogen-bond donors (Lipinski definition) is 2. The highest BCUT2D eigenvalue weighted by molar-refractivity contribution is 7.92. The van der Waals surface area contributed by atoms with E-state index in [1.165, 1.54) is 31.2 Å². The van der Waals surface area contributed by atoms with Crippen LogP contribution in [0.25, 0.3) is 0 Å². The van der Waals surface area contributed by atoms with Crippen molar-refractivity contribution in [3.8, 4) is 0 Å². The minimum atomic E-state index is -3.95. The smallest absolute Gasteiger partial charge is 0.269 e. The van der Waals surface area contributed by atoms with Crippen molar-refractivity contribution in [1.82, 2.24) is 4.31 Å². The summed E-state index contributed by atoms with van der Waals surface area (Å²) in [7, 11) is -7.38. The van der Waals surface area contributed by atoms with Crippen LogP contribution in [0.4, 0.5) is 11.4 Å². The summed E-state index contributed by atoms with van der Waals surface area (Å²) in [6, 6.07) is 8.38. The first kappa shape index (κ1) is 21.3. The SMILES string of the molecule is CCS(=O)(=O)Nc1ccc(NC(=O)c2ccc3c(c2)S(=O)(=O)N(C2CC2)C3=O)cc1C. The molecular weight excluding hydrogens is 442 g/mol. The fourth-order valence-corrected chi connectivity index (χ4v) is 5.91. The first-order valence-corrected chi connectivity index (χ1v) is 12.8. The van der Waals surface area contributed by atoms with Gasteiger partial charge in [-0.25, -0.2) is 21.1 Å². The molecule has 2 N–H and O–H groups in total. The van der Waals surface area contributed by atoms with Crippen LogP contribution in [0.15, 0.2) is 41.3 Å². The quantitative estimate of drug-likeness (QED) is 0.676. The summed E-state index contributed by atoms with van der Waals surface area (Å²) in [5.74, 6) is -1.16. The van der Waals surface area contributed by atoms with Gasteiger partial charge in [-0.1, -0.05) is 0 Å². The number of amides is 2. The van der Waals surface area contributed by atoms with E-state index < -0.39 is 31.9 Å². The van der Waals surface area contributed by atoms with Crippen LogP contribution in [-0.4, -0.2) is 44.7 Å². The number of nitrogens with one attached hydrogen (secondary N) is 2.